The number of aromatic nitrogens is 1. The summed E-state index contributed by atoms with van der Waals surface area (Å²) in [7, 11) is 0. The Balaban J connectivity index is 2.11. The molecule has 0 atom stereocenters. The van der Waals surface area contributed by atoms with E-state index in [-0.39, 0.29) is 29.4 Å². The van der Waals surface area contributed by atoms with Gasteiger partial charge in [0.2, 0.25) is 6.79 Å². The van der Waals surface area contributed by atoms with E-state index in [2.05, 4.69) is 5.10 Å². The summed E-state index contributed by atoms with van der Waals surface area (Å²) in [5.41, 5.74) is 0.361. The minimum absolute atomic E-state index is 0.0187. The third kappa shape index (κ3) is 2.81. The summed E-state index contributed by atoms with van der Waals surface area (Å²) < 4.78 is 11.4. The summed E-state index contributed by atoms with van der Waals surface area (Å²) in [4.78, 5) is 23.0. The van der Waals surface area contributed by atoms with E-state index in [1.165, 1.54) is 18.3 Å². The van der Waals surface area contributed by atoms with Crippen molar-refractivity contribution in [3.63, 3.8) is 0 Å². The zero-order chi connectivity index (χ0) is 18.1. The zero-order valence-corrected chi connectivity index (χ0v) is 13.3. The molecule has 1 aliphatic rings. The smallest absolute Gasteiger partial charge is 0.289 e. The summed E-state index contributed by atoms with van der Waals surface area (Å²) in [6, 6.07) is 6.15. The minimum atomic E-state index is -0.584. The highest BCUT2D eigenvalue weighted by Gasteiger charge is 2.22. The van der Waals surface area contributed by atoms with Crippen molar-refractivity contribution in [2.75, 3.05) is 6.79 Å². The molecule has 0 spiro atoms. The van der Waals surface area contributed by atoms with Crippen LogP contribution in [0.4, 0.5) is 5.69 Å². The predicted molar refractivity (Wildman–Crippen MR) is 87.1 cm³/mol. The fourth-order valence-electron chi connectivity index (χ4n) is 2.49. The number of ether oxygens (including phenoxy) is 2. The molecule has 1 aromatic heterocycles. The van der Waals surface area contributed by atoms with E-state index < -0.39 is 10.5 Å². The molecule has 0 unspecified atom stereocenters. The van der Waals surface area contributed by atoms with E-state index in [1.54, 1.807) is 19.9 Å². The van der Waals surface area contributed by atoms with Crippen LogP contribution in [-0.4, -0.2) is 22.6 Å². The van der Waals surface area contributed by atoms with Crippen LogP contribution in [0.1, 0.15) is 22.4 Å². The quantitative estimate of drug-likeness (QED) is 0.478. The van der Waals surface area contributed by atoms with Crippen LogP contribution in [0.2, 0.25) is 0 Å². The van der Waals surface area contributed by atoms with E-state index in [4.69, 9.17) is 14.7 Å². The summed E-state index contributed by atoms with van der Waals surface area (Å²) in [5.74, 6) is 0.636. The summed E-state index contributed by atoms with van der Waals surface area (Å²) in [6.45, 7) is 3.29. The fraction of sp³-hybridized carbons (Fsp3) is 0.188. The number of nitriles is 1. The van der Waals surface area contributed by atoms with Crippen LogP contribution in [0.3, 0.4) is 0 Å². The van der Waals surface area contributed by atoms with Crippen molar-refractivity contribution in [1.29, 1.82) is 5.26 Å². The Bertz CT molecular complexity index is 1020. The highest BCUT2D eigenvalue weighted by molar-refractivity contribution is 5.87. The lowest BCUT2D eigenvalue weighted by molar-refractivity contribution is -0.385. The van der Waals surface area contributed by atoms with Crippen LogP contribution in [0, 0.1) is 35.3 Å². The maximum Gasteiger partial charge on any atom is 0.289 e. The second kappa shape index (κ2) is 6.09. The number of nitro groups is 1. The molecule has 0 amide bonds. The van der Waals surface area contributed by atoms with Crippen molar-refractivity contribution in [2.45, 2.75) is 13.8 Å². The molecular formula is C16H12N4O5. The van der Waals surface area contributed by atoms with Crippen molar-refractivity contribution in [1.82, 2.24) is 4.68 Å². The van der Waals surface area contributed by atoms with Gasteiger partial charge >= 0.3 is 0 Å². The van der Waals surface area contributed by atoms with Crippen molar-refractivity contribution in [3.05, 3.63) is 61.1 Å². The summed E-state index contributed by atoms with van der Waals surface area (Å²) in [6.07, 6.45) is 1.19. The normalized spacial score (nSPS) is 12.4. The molecule has 1 aromatic carbocycles. The van der Waals surface area contributed by atoms with Gasteiger partial charge in [0.1, 0.15) is 11.6 Å². The highest BCUT2D eigenvalue weighted by Crippen LogP contribution is 2.37. The van der Waals surface area contributed by atoms with Crippen LogP contribution in [0.25, 0.3) is 0 Å². The van der Waals surface area contributed by atoms with Gasteiger partial charge in [-0.15, -0.1) is 0 Å². The molecule has 9 heteroatoms. The van der Waals surface area contributed by atoms with Gasteiger partial charge < -0.3 is 9.47 Å². The van der Waals surface area contributed by atoms with Gasteiger partial charge in [-0.05, 0) is 31.5 Å². The molecule has 2 aromatic rings. The molecule has 25 heavy (non-hydrogen) atoms. The van der Waals surface area contributed by atoms with Crippen molar-refractivity contribution >= 4 is 11.9 Å². The monoisotopic (exact) mass is 340 g/mol. The van der Waals surface area contributed by atoms with Crippen LogP contribution in [-0.2, 0) is 0 Å². The highest BCUT2D eigenvalue weighted by atomic mass is 16.7. The van der Waals surface area contributed by atoms with Crippen molar-refractivity contribution in [3.8, 4) is 17.6 Å². The average molecular weight is 340 g/mol. The van der Waals surface area contributed by atoms with Crippen LogP contribution in [0.5, 0.6) is 11.5 Å². The molecule has 0 saturated carbocycles. The Hall–Kier alpha value is -3.67. The molecule has 0 bridgehead atoms. The number of hydrogen-bond donors (Lipinski definition) is 0. The van der Waals surface area contributed by atoms with Gasteiger partial charge in [-0.1, -0.05) is 0 Å². The number of pyridine rings is 1. The molecule has 9 nitrogen and oxygen atoms in total. The first-order valence-corrected chi connectivity index (χ1v) is 7.18. The van der Waals surface area contributed by atoms with Crippen LogP contribution in [0.15, 0.2) is 28.1 Å². The van der Waals surface area contributed by atoms with Gasteiger partial charge in [0.15, 0.2) is 11.5 Å². The number of hydrogen-bond acceptors (Lipinski definition) is 7. The van der Waals surface area contributed by atoms with E-state index in [0.717, 1.165) is 4.68 Å². The zero-order valence-electron chi connectivity index (χ0n) is 13.3. The van der Waals surface area contributed by atoms with E-state index in [9.17, 15) is 14.9 Å². The molecule has 0 aliphatic carbocycles. The molecule has 0 radical (unpaired) electrons. The van der Waals surface area contributed by atoms with Crippen LogP contribution < -0.4 is 15.0 Å². The second-order valence-corrected chi connectivity index (χ2v) is 5.34. The van der Waals surface area contributed by atoms with Gasteiger partial charge in [-0.3, -0.25) is 14.9 Å². The minimum Gasteiger partial charge on any atom is -0.454 e. The van der Waals surface area contributed by atoms with Crippen molar-refractivity contribution < 1.29 is 14.4 Å². The van der Waals surface area contributed by atoms with Gasteiger partial charge in [0.05, 0.1) is 22.8 Å². The lowest BCUT2D eigenvalue weighted by Crippen LogP contribution is -2.22. The first-order chi connectivity index (χ1) is 11.9. The third-order valence-electron chi connectivity index (χ3n) is 3.70. The first-order valence-electron chi connectivity index (χ1n) is 7.18. The Kier molecular flexibility index (Phi) is 3.94. The van der Waals surface area contributed by atoms with E-state index in [0.29, 0.717) is 17.0 Å². The molecule has 1 aliphatic heterocycles. The molecule has 2 heterocycles. The molecule has 126 valence electrons. The van der Waals surface area contributed by atoms with Gasteiger partial charge in [-0.2, -0.15) is 10.4 Å². The average Bonchev–Trinajstić information content (AvgIpc) is 3.01. The first kappa shape index (κ1) is 16.2. The number of benzene rings is 1. The van der Waals surface area contributed by atoms with E-state index in [1.807, 2.05) is 6.07 Å². The Labute approximate surface area is 141 Å². The standard InChI is InChI=1S/C16H12N4O5/c1-9-3-10(2)19(16(21)12(9)6-17)18-7-11-4-14-15(25-8-24-14)5-13(11)20(22)23/h3-5,7H,8H2,1-2H3/b18-7-. The molecular weight excluding hydrogens is 328 g/mol. The molecule has 0 fully saturated rings. The lowest BCUT2D eigenvalue weighted by atomic mass is 10.1. The Morgan fingerprint density at radius 1 is 1.32 bits per heavy atom. The number of nitro benzene ring substituents is 1. The predicted octanol–water partition coefficient (Wildman–Crippen LogP) is 1.86. The number of rotatable bonds is 3. The number of aryl methyl sites for hydroxylation is 2. The largest absolute Gasteiger partial charge is 0.454 e. The van der Waals surface area contributed by atoms with Crippen molar-refractivity contribution in [2.24, 2.45) is 5.10 Å². The van der Waals surface area contributed by atoms with Crippen LogP contribution >= 0.6 is 0 Å². The number of nitrogens with zero attached hydrogens (tertiary/aromatic N) is 4. The fourth-order valence-corrected chi connectivity index (χ4v) is 2.49. The maximum atomic E-state index is 12.3. The number of fused-ring (bicyclic) bond motifs is 1. The second-order valence-electron chi connectivity index (χ2n) is 5.34. The summed E-state index contributed by atoms with van der Waals surface area (Å²) >= 11 is 0. The molecule has 0 N–H and O–H groups in total. The van der Waals surface area contributed by atoms with Gasteiger partial charge in [-0.25, -0.2) is 4.68 Å². The topological polar surface area (TPSA) is 120 Å². The van der Waals surface area contributed by atoms with Gasteiger partial charge in [0.25, 0.3) is 11.2 Å². The Morgan fingerprint density at radius 2 is 2.00 bits per heavy atom. The Morgan fingerprint density at radius 3 is 2.64 bits per heavy atom. The lowest BCUT2D eigenvalue weighted by Gasteiger charge is -2.06. The third-order valence-corrected chi connectivity index (χ3v) is 3.70. The summed E-state index contributed by atoms with van der Waals surface area (Å²) in [5, 5.41) is 24.4. The van der Waals surface area contributed by atoms with Gasteiger partial charge in [0, 0.05) is 5.69 Å². The molecule has 0 saturated heterocycles. The SMILES string of the molecule is Cc1cc(C)n(/N=C\c2cc3c(cc2[N+](=O)[O-])OCO3)c(=O)c1C#N. The maximum absolute atomic E-state index is 12.3. The molecule has 3 rings (SSSR count). The van der Waals surface area contributed by atoms with E-state index >= 15 is 0 Å².